The fraction of sp³-hybridized carbons (Fsp3) is 0.0952. The minimum Gasteiger partial charge on any atom is -0.383 e. The molecular formula is C21H17ClFN3O4. The third kappa shape index (κ3) is 5.31. The van der Waals surface area contributed by atoms with E-state index in [9.17, 15) is 23.9 Å². The van der Waals surface area contributed by atoms with Crippen LogP contribution in [0.4, 0.5) is 15.8 Å². The van der Waals surface area contributed by atoms with E-state index in [2.05, 4.69) is 10.6 Å². The third-order valence-electron chi connectivity index (χ3n) is 4.12. The lowest BCUT2D eigenvalue weighted by Gasteiger charge is -2.13. The standard InChI is InChI=1S/C21H17ClFN3O4/c22-13-4-6-14(7-5-13)24-19(28)12-18(27)21(30)25-17-9-8-15(11-16(17)23)26-10-2-1-3-20(26)29/h1-11,18,27H,12H2,(H,24,28)(H,25,30). The van der Waals surface area contributed by atoms with Gasteiger partial charge < -0.3 is 15.7 Å². The molecule has 1 heterocycles. The van der Waals surface area contributed by atoms with Crippen molar-refractivity contribution >= 4 is 34.8 Å². The van der Waals surface area contributed by atoms with E-state index in [1.807, 2.05) is 0 Å². The number of hydrogen-bond acceptors (Lipinski definition) is 4. The molecule has 0 radical (unpaired) electrons. The highest BCUT2D eigenvalue weighted by atomic mass is 35.5. The Morgan fingerprint density at radius 2 is 1.80 bits per heavy atom. The molecular weight excluding hydrogens is 413 g/mol. The molecule has 0 aliphatic carbocycles. The molecule has 0 aliphatic heterocycles. The highest BCUT2D eigenvalue weighted by Gasteiger charge is 2.20. The molecule has 3 rings (SSSR count). The second kappa shape index (κ2) is 9.34. The van der Waals surface area contributed by atoms with Gasteiger partial charge in [-0.2, -0.15) is 0 Å². The Kier molecular flexibility index (Phi) is 6.61. The molecule has 2 amide bonds. The Morgan fingerprint density at radius 3 is 2.47 bits per heavy atom. The van der Waals surface area contributed by atoms with Crippen molar-refractivity contribution in [3.8, 4) is 5.69 Å². The molecule has 154 valence electrons. The first-order valence-electron chi connectivity index (χ1n) is 8.85. The summed E-state index contributed by atoms with van der Waals surface area (Å²) in [4.78, 5) is 35.9. The second-order valence-electron chi connectivity index (χ2n) is 6.34. The maximum absolute atomic E-state index is 14.4. The Morgan fingerprint density at radius 1 is 1.07 bits per heavy atom. The van der Waals surface area contributed by atoms with Crippen molar-refractivity contribution in [2.75, 3.05) is 10.6 Å². The lowest BCUT2D eigenvalue weighted by atomic mass is 10.2. The number of carbonyl (C=O) groups excluding carboxylic acids is 2. The van der Waals surface area contributed by atoms with Crippen LogP contribution in [0.5, 0.6) is 0 Å². The van der Waals surface area contributed by atoms with Crippen LogP contribution >= 0.6 is 11.6 Å². The normalized spacial score (nSPS) is 11.6. The van der Waals surface area contributed by atoms with Crippen LogP contribution < -0.4 is 16.2 Å². The number of nitrogens with one attached hydrogen (secondary N) is 2. The van der Waals surface area contributed by atoms with E-state index >= 15 is 0 Å². The average Bonchev–Trinajstić information content (AvgIpc) is 2.71. The van der Waals surface area contributed by atoms with Gasteiger partial charge in [-0.15, -0.1) is 0 Å². The van der Waals surface area contributed by atoms with E-state index in [1.165, 1.54) is 29.0 Å². The van der Waals surface area contributed by atoms with Gasteiger partial charge in [-0.1, -0.05) is 17.7 Å². The van der Waals surface area contributed by atoms with Crippen molar-refractivity contribution in [3.63, 3.8) is 0 Å². The molecule has 2 aromatic carbocycles. The molecule has 0 aliphatic rings. The summed E-state index contributed by atoms with van der Waals surface area (Å²) in [5, 5.41) is 15.2. The van der Waals surface area contributed by atoms with Gasteiger partial charge in [0.25, 0.3) is 11.5 Å². The third-order valence-corrected chi connectivity index (χ3v) is 4.37. The SMILES string of the molecule is O=C(CC(O)C(=O)Nc1ccc(-n2ccccc2=O)cc1F)Nc1ccc(Cl)cc1. The van der Waals surface area contributed by atoms with Gasteiger partial charge in [0, 0.05) is 29.0 Å². The lowest BCUT2D eigenvalue weighted by molar-refractivity contribution is -0.128. The van der Waals surface area contributed by atoms with E-state index in [-0.39, 0.29) is 16.9 Å². The first kappa shape index (κ1) is 21.2. The molecule has 30 heavy (non-hydrogen) atoms. The van der Waals surface area contributed by atoms with Crippen molar-refractivity contribution in [1.29, 1.82) is 0 Å². The molecule has 1 unspecified atom stereocenters. The zero-order valence-electron chi connectivity index (χ0n) is 15.5. The van der Waals surface area contributed by atoms with Crippen LogP contribution in [-0.2, 0) is 9.59 Å². The Hall–Kier alpha value is -3.49. The molecule has 1 aromatic heterocycles. The molecule has 3 aromatic rings. The van der Waals surface area contributed by atoms with Gasteiger partial charge in [-0.05, 0) is 42.5 Å². The monoisotopic (exact) mass is 429 g/mol. The number of anilines is 2. The van der Waals surface area contributed by atoms with Gasteiger partial charge in [0.15, 0.2) is 0 Å². The van der Waals surface area contributed by atoms with Gasteiger partial charge >= 0.3 is 0 Å². The number of aromatic nitrogens is 1. The van der Waals surface area contributed by atoms with Crippen LogP contribution in [0, 0.1) is 5.82 Å². The molecule has 9 heteroatoms. The number of benzene rings is 2. The number of halogens is 2. The molecule has 0 saturated carbocycles. The van der Waals surface area contributed by atoms with E-state index in [4.69, 9.17) is 11.6 Å². The summed E-state index contributed by atoms with van der Waals surface area (Å²) < 4.78 is 15.6. The number of rotatable bonds is 6. The molecule has 0 saturated heterocycles. The van der Waals surface area contributed by atoms with Gasteiger partial charge in [0.1, 0.15) is 11.9 Å². The quantitative estimate of drug-likeness (QED) is 0.560. The summed E-state index contributed by atoms with van der Waals surface area (Å²) in [5.74, 6) is -2.33. The zero-order chi connectivity index (χ0) is 21.7. The number of hydrogen-bond donors (Lipinski definition) is 3. The molecule has 3 N–H and O–H groups in total. The van der Waals surface area contributed by atoms with Crippen molar-refractivity contribution in [2.24, 2.45) is 0 Å². The summed E-state index contributed by atoms with van der Waals surface area (Å²) in [6, 6.07) is 14.6. The Labute approximate surface area is 175 Å². The van der Waals surface area contributed by atoms with Crippen LogP contribution in [-0.4, -0.2) is 27.6 Å². The lowest BCUT2D eigenvalue weighted by Crippen LogP contribution is -2.32. The molecule has 7 nitrogen and oxygen atoms in total. The maximum Gasteiger partial charge on any atom is 0.255 e. The predicted octanol–water partition coefficient (Wildman–Crippen LogP) is 2.96. The van der Waals surface area contributed by atoms with Gasteiger partial charge in [-0.25, -0.2) is 4.39 Å². The number of pyridine rings is 1. The Balaban J connectivity index is 1.62. The number of aliphatic hydroxyl groups excluding tert-OH is 1. The molecule has 1 atom stereocenters. The molecule has 0 fully saturated rings. The smallest absolute Gasteiger partial charge is 0.255 e. The first-order chi connectivity index (χ1) is 14.3. The summed E-state index contributed by atoms with van der Waals surface area (Å²) in [5.41, 5.74) is 0.203. The number of nitrogens with zero attached hydrogens (tertiary/aromatic N) is 1. The van der Waals surface area contributed by atoms with Gasteiger partial charge in [0.05, 0.1) is 17.8 Å². The van der Waals surface area contributed by atoms with Crippen molar-refractivity contribution in [1.82, 2.24) is 4.57 Å². The minimum absolute atomic E-state index is 0.190. The summed E-state index contributed by atoms with van der Waals surface area (Å²) in [6.07, 6.45) is -0.723. The topological polar surface area (TPSA) is 100 Å². The predicted molar refractivity (Wildman–Crippen MR) is 111 cm³/mol. The largest absolute Gasteiger partial charge is 0.383 e. The van der Waals surface area contributed by atoms with Crippen LogP contribution in [0.2, 0.25) is 5.02 Å². The highest BCUT2D eigenvalue weighted by molar-refractivity contribution is 6.30. The number of carbonyl (C=O) groups is 2. The molecule has 0 spiro atoms. The summed E-state index contributed by atoms with van der Waals surface area (Å²) in [6.45, 7) is 0. The second-order valence-corrected chi connectivity index (χ2v) is 6.77. The van der Waals surface area contributed by atoms with Crippen LogP contribution in [0.25, 0.3) is 5.69 Å². The maximum atomic E-state index is 14.4. The van der Waals surface area contributed by atoms with Gasteiger partial charge in [-0.3, -0.25) is 19.0 Å². The number of aliphatic hydroxyl groups is 1. The van der Waals surface area contributed by atoms with E-state index in [0.29, 0.717) is 10.7 Å². The summed E-state index contributed by atoms with van der Waals surface area (Å²) in [7, 11) is 0. The number of amides is 2. The van der Waals surface area contributed by atoms with Gasteiger partial charge in [0.2, 0.25) is 5.91 Å². The Bertz CT molecular complexity index is 1130. The van der Waals surface area contributed by atoms with Crippen LogP contribution in [0.3, 0.4) is 0 Å². The fourth-order valence-electron chi connectivity index (χ4n) is 2.63. The van der Waals surface area contributed by atoms with E-state index in [0.717, 1.165) is 6.07 Å². The zero-order valence-corrected chi connectivity index (χ0v) is 16.3. The summed E-state index contributed by atoms with van der Waals surface area (Å²) >= 11 is 5.76. The van der Waals surface area contributed by atoms with Crippen molar-refractivity contribution in [3.05, 3.63) is 88.1 Å². The minimum atomic E-state index is -1.69. The fourth-order valence-corrected chi connectivity index (χ4v) is 2.75. The first-order valence-corrected chi connectivity index (χ1v) is 9.23. The van der Waals surface area contributed by atoms with E-state index in [1.54, 1.807) is 36.4 Å². The molecule has 0 bridgehead atoms. The van der Waals surface area contributed by atoms with Crippen LogP contribution in [0.1, 0.15) is 6.42 Å². The van der Waals surface area contributed by atoms with E-state index < -0.39 is 30.2 Å². The average molecular weight is 430 g/mol. The highest BCUT2D eigenvalue weighted by Crippen LogP contribution is 2.18. The van der Waals surface area contributed by atoms with Crippen molar-refractivity contribution in [2.45, 2.75) is 12.5 Å². The van der Waals surface area contributed by atoms with Crippen molar-refractivity contribution < 1.29 is 19.1 Å². The van der Waals surface area contributed by atoms with Crippen LogP contribution in [0.15, 0.2) is 71.7 Å².